The summed E-state index contributed by atoms with van der Waals surface area (Å²) in [6.45, 7) is 0.537. The van der Waals surface area contributed by atoms with Crippen LogP contribution in [0.1, 0.15) is 5.56 Å². The predicted octanol–water partition coefficient (Wildman–Crippen LogP) is 1.78. The smallest absolute Gasteiger partial charge is 0.0795 e. The van der Waals surface area contributed by atoms with E-state index in [-0.39, 0.29) is 0 Å². The third-order valence-corrected chi connectivity index (χ3v) is 2.76. The van der Waals surface area contributed by atoms with Crippen molar-refractivity contribution in [2.75, 3.05) is 0 Å². The fourth-order valence-electron chi connectivity index (χ4n) is 1.18. The van der Waals surface area contributed by atoms with Crippen LogP contribution in [0.5, 0.6) is 0 Å². The molecule has 12 heavy (non-hydrogen) atoms. The van der Waals surface area contributed by atoms with Gasteiger partial charge in [-0.3, -0.25) is 5.10 Å². The quantitative estimate of drug-likeness (QED) is 0.778. The number of benzene rings is 1. The summed E-state index contributed by atoms with van der Waals surface area (Å²) in [5, 5.41) is 7.95. The van der Waals surface area contributed by atoms with Crippen LogP contribution in [-0.2, 0) is 6.54 Å². The van der Waals surface area contributed by atoms with Crippen molar-refractivity contribution in [1.82, 2.24) is 10.2 Å². The van der Waals surface area contributed by atoms with Gasteiger partial charge >= 0.3 is 0 Å². The van der Waals surface area contributed by atoms with Gasteiger partial charge < -0.3 is 5.73 Å². The first-order valence-electron chi connectivity index (χ1n) is 3.63. The largest absolute Gasteiger partial charge is 0.326 e. The van der Waals surface area contributed by atoms with Gasteiger partial charge in [0.2, 0.25) is 0 Å². The molecule has 0 radical (unpaired) electrons. The molecule has 0 saturated carbocycles. The molecule has 0 aliphatic carbocycles. The summed E-state index contributed by atoms with van der Waals surface area (Å²) in [7, 11) is 0. The molecule has 0 amide bonds. The molecule has 1 aromatic carbocycles. The number of hydrogen-bond acceptors (Lipinski definition) is 2. The van der Waals surface area contributed by atoms with Crippen LogP contribution in [0.25, 0.3) is 10.9 Å². The zero-order valence-electron chi connectivity index (χ0n) is 6.34. The topological polar surface area (TPSA) is 54.7 Å². The Morgan fingerprint density at radius 3 is 3.08 bits per heavy atom. The SMILES string of the molecule is NCc1ccc2cn[nH]c2c1Br. The van der Waals surface area contributed by atoms with Crippen LogP contribution >= 0.6 is 15.9 Å². The molecule has 0 spiro atoms. The van der Waals surface area contributed by atoms with Crippen LogP contribution in [0.3, 0.4) is 0 Å². The number of halogens is 1. The second kappa shape index (κ2) is 2.88. The second-order valence-corrected chi connectivity index (χ2v) is 3.37. The minimum absolute atomic E-state index is 0.537. The lowest BCUT2D eigenvalue weighted by molar-refractivity contribution is 1.06. The van der Waals surface area contributed by atoms with E-state index in [4.69, 9.17) is 5.73 Å². The summed E-state index contributed by atoms with van der Waals surface area (Å²) in [6.07, 6.45) is 1.79. The first kappa shape index (κ1) is 7.76. The first-order chi connectivity index (χ1) is 5.83. The third-order valence-electron chi connectivity index (χ3n) is 1.85. The fraction of sp³-hybridized carbons (Fsp3) is 0.125. The molecule has 4 heteroatoms. The highest BCUT2D eigenvalue weighted by Gasteiger charge is 2.04. The minimum atomic E-state index is 0.537. The van der Waals surface area contributed by atoms with Crippen molar-refractivity contribution in [1.29, 1.82) is 0 Å². The van der Waals surface area contributed by atoms with E-state index in [1.54, 1.807) is 6.20 Å². The van der Waals surface area contributed by atoms with Crippen LogP contribution in [0.2, 0.25) is 0 Å². The van der Waals surface area contributed by atoms with Gasteiger partial charge in [0, 0.05) is 16.4 Å². The van der Waals surface area contributed by atoms with Gasteiger partial charge in [0.25, 0.3) is 0 Å². The number of hydrogen-bond donors (Lipinski definition) is 2. The summed E-state index contributed by atoms with van der Waals surface area (Å²) in [4.78, 5) is 0. The maximum atomic E-state index is 5.55. The van der Waals surface area contributed by atoms with Crippen molar-refractivity contribution in [2.24, 2.45) is 5.73 Å². The molecule has 0 saturated heterocycles. The highest BCUT2D eigenvalue weighted by molar-refractivity contribution is 9.10. The zero-order chi connectivity index (χ0) is 8.55. The van der Waals surface area contributed by atoms with Crippen molar-refractivity contribution >= 4 is 26.8 Å². The van der Waals surface area contributed by atoms with Crippen molar-refractivity contribution in [3.8, 4) is 0 Å². The second-order valence-electron chi connectivity index (χ2n) is 2.58. The average molecular weight is 226 g/mol. The lowest BCUT2D eigenvalue weighted by atomic mass is 10.2. The average Bonchev–Trinajstić information content (AvgIpc) is 2.53. The number of nitrogens with zero attached hydrogens (tertiary/aromatic N) is 1. The van der Waals surface area contributed by atoms with Gasteiger partial charge in [0.15, 0.2) is 0 Å². The van der Waals surface area contributed by atoms with E-state index in [0.717, 1.165) is 20.9 Å². The van der Waals surface area contributed by atoms with Gasteiger partial charge in [-0.25, -0.2) is 0 Å². The van der Waals surface area contributed by atoms with Gasteiger partial charge in [0.05, 0.1) is 11.7 Å². The van der Waals surface area contributed by atoms with E-state index in [9.17, 15) is 0 Å². The molecule has 1 heterocycles. The van der Waals surface area contributed by atoms with E-state index in [1.165, 1.54) is 0 Å². The van der Waals surface area contributed by atoms with Crippen LogP contribution in [-0.4, -0.2) is 10.2 Å². The normalized spacial score (nSPS) is 10.8. The van der Waals surface area contributed by atoms with E-state index in [0.29, 0.717) is 6.54 Å². The van der Waals surface area contributed by atoms with Crippen molar-refractivity contribution in [2.45, 2.75) is 6.54 Å². The Bertz CT molecular complexity index is 408. The predicted molar refractivity (Wildman–Crippen MR) is 51.7 cm³/mol. The first-order valence-corrected chi connectivity index (χ1v) is 4.42. The van der Waals surface area contributed by atoms with Crippen molar-refractivity contribution in [3.63, 3.8) is 0 Å². The summed E-state index contributed by atoms with van der Waals surface area (Å²) < 4.78 is 1.01. The van der Waals surface area contributed by atoms with E-state index in [2.05, 4.69) is 26.1 Å². The molecular formula is C8H8BrN3. The summed E-state index contributed by atoms with van der Waals surface area (Å²) >= 11 is 3.47. The molecule has 2 aromatic rings. The van der Waals surface area contributed by atoms with Crippen LogP contribution < -0.4 is 5.73 Å². The Hall–Kier alpha value is -0.870. The fourth-order valence-corrected chi connectivity index (χ4v) is 1.79. The molecular weight excluding hydrogens is 218 g/mol. The molecule has 2 rings (SSSR count). The van der Waals surface area contributed by atoms with E-state index >= 15 is 0 Å². The molecule has 0 fully saturated rings. The Kier molecular flexibility index (Phi) is 1.86. The Morgan fingerprint density at radius 2 is 2.33 bits per heavy atom. The summed E-state index contributed by atoms with van der Waals surface area (Å²) in [5.41, 5.74) is 7.65. The highest BCUT2D eigenvalue weighted by atomic mass is 79.9. The summed E-state index contributed by atoms with van der Waals surface area (Å²) in [5.74, 6) is 0. The van der Waals surface area contributed by atoms with Crippen LogP contribution in [0.4, 0.5) is 0 Å². The number of aromatic nitrogens is 2. The lowest BCUT2D eigenvalue weighted by Gasteiger charge is -2.00. The molecule has 3 nitrogen and oxygen atoms in total. The third kappa shape index (κ3) is 1.04. The molecule has 3 N–H and O–H groups in total. The molecule has 0 aliphatic heterocycles. The Morgan fingerprint density at radius 1 is 1.50 bits per heavy atom. The number of nitrogens with one attached hydrogen (secondary N) is 1. The monoisotopic (exact) mass is 225 g/mol. The summed E-state index contributed by atoms with van der Waals surface area (Å²) in [6, 6.07) is 4.01. The molecule has 0 aliphatic rings. The lowest BCUT2D eigenvalue weighted by Crippen LogP contribution is -1.97. The zero-order valence-corrected chi connectivity index (χ0v) is 7.93. The van der Waals surface area contributed by atoms with Crippen molar-refractivity contribution in [3.05, 3.63) is 28.4 Å². The van der Waals surface area contributed by atoms with Gasteiger partial charge in [0.1, 0.15) is 0 Å². The molecule has 0 atom stereocenters. The maximum absolute atomic E-state index is 5.55. The van der Waals surface area contributed by atoms with Gasteiger partial charge in [-0.05, 0) is 21.5 Å². The maximum Gasteiger partial charge on any atom is 0.0795 e. The molecule has 1 aromatic heterocycles. The number of nitrogens with two attached hydrogens (primary N) is 1. The van der Waals surface area contributed by atoms with E-state index < -0.39 is 0 Å². The van der Waals surface area contributed by atoms with Gasteiger partial charge in [-0.2, -0.15) is 5.10 Å². The van der Waals surface area contributed by atoms with Gasteiger partial charge in [-0.1, -0.05) is 12.1 Å². The number of fused-ring (bicyclic) bond motifs is 1. The van der Waals surface area contributed by atoms with Crippen LogP contribution in [0.15, 0.2) is 22.8 Å². The standard InChI is InChI=1S/C8H8BrN3/c9-7-5(3-10)1-2-6-4-11-12-8(6)7/h1-2,4H,3,10H2,(H,11,12). The van der Waals surface area contributed by atoms with Crippen LogP contribution in [0, 0.1) is 0 Å². The number of aromatic amines is 1. The van der Waals surface area contributed by atoms with E-state index in [1.807, 2.05) is 12.1 Å². The Labute approximate surface area is 78.1 Å². The van der Waals surface area contributed by atoms with Gasteiger partial charge in [-0.15, -0.1) is 0 Å². The minimum Gasteiger partial charge on any atom is -0.326 e. The number of rotatable bonds is 1. The van der Waals surface area contributed by atoms with Crippen molar-refractivity contribution < 1.29 is 0 Å². The Balaban J connectivity index is 2.78. The molecule has 62 valence electrons. The molecule has 0 bridgehead atoms. The highest BCUT2D eigenvalue weighted by Crippen LogP contribution is 2.25. The molecule has 0 unspecified atom stereocenters. The number of H-pyrrole nitrogens is 1.